The van der Waals surface area contributed by atoms with Gasteiger partial charge in [-0.1, -0.05) is 42.5 Å². The van der Waals surface area contributed by atoms with Crippen molar-refractivity contribution in [1.29, 1.82) is 0 Å². The highest BCUT2D eigenvalue weighted by Crippen LogP contribution is 2.43. The lowest BCUT2D eigenvalue weighted by molar-refractivity contribution is -0.0950. The minimum absolute atomic E-state index is 0.00279. The smallest absolute Gasteiger partial charge is 0.410 e. The molecule has 3 heterocycles. The van der Waals surface area contributed by atoms with Crippen LogP contribution in [-0.4, -0.2) is 67.6 Å². The number of carbonyl (C=O) groups is 2. The molecule has 5 rings (SSSR count). The first-order valence-corrected chi connectivity index (χ1v) is 14.7. The van der Waals surface area contributed by atoms with Crippen molar-refractivity contribution in [2.45, 2.75) is 83.8 Å². The van der Waals surface area contributed by atoms with Crippen LogP contribution in [0.5, 0.6) is 0 Å². The second kappa shape index (κ2) is 11.3. The van der Waals surface area contributed by atoms with E-state index in [0.717, 1.165) is 5.56 Å². The van der Waals surface area contributed by atoms with Crippen LogP contribution in [0.25, 0.3) is 11.3 Å². The molecule has 2 aromatic carbocycles. The zero-order chi connectivity index (χ0) is 31.2. The average molecular weight is 593 g/mol. The van der Waals surface area contributed by atoms with E-state index in [1.54, 1.807) is 23.1 Å². The summed E-state index contributed by atoms with van der Waals surface area (Å²) in [5.74, 6) is -0.449. The van der Waals surface area contributed by atoms with E-state index in [2.05, 4.69) is 0 Å². The number of likely N-dealkylation sites (tertiary alicyclic amines) is 2. The van der Waals surface area contributed by atoms with Crippen molar-refractivity contribution >= 4 is 12.2 Å². The summed E-state index contributed by atoms with van der Waals surface area (Å²) in [6, 6.07) is 15.6. The van der Waals surface area contributed by atoms with Gasteiger partial charge in [-0.25, -0.2) is 14.0 Å². The van der Waals surface area contributed by atoms with Crippen LogP contribution >= 0.6 is 0 Å². The van der Waals surface area contributed by atoms with Crippen LogP contribution < -0.4 is 0 Å². The third-order valence-electron chi connectivity index (χ3n) is 8.22. The molecule has 0 saturated carbocycles. The number of aliphatic hydroxyl groups is 1. The Balaban J connectivity index is 1.40. The van der Waals surface area contributed by atoms with Gasteiger partial charge in [-0.15, -0.1) is 0 Å². The van der Waals surface area contributed by atoms with Crippen molar-refractivity contribution in [3.63, 3.8) is 0 Å². The lowest BCUT2D eigenvalue weighted by atomic mass is 9.83. The van der Waals surface area contributed by atoms with Crippen LogP contribution in [0.1, 0.15) is 70.3 Å². The maximum absolute atomic E-state index is 15.1. The number of carbonyl (C=O) groups excluding carboxylic acids is 2. The molecule has 1 atom stereocenters. The van der Waals surface area contributed by atoms with Crippen molar-refractivity contribution in [2.24, 2.45) is 0 Å². The number of ether oxygens (including phenoxy) is 2. The second-order valence-corrected chi connectivity index (χ2v) is 13.3. The van der Waals surface area contributed by atoms with Crippen LogP contribution in [0.15, 0.2) is 54.6 Å². The molecule has 2 aliphatic rings. The SMILES string of the molecule is Cc1c(C2(O)CN(C(=O)OCc3ccccc3)C2)c(-c2ccccc2F)nn1C1CCN(C(=O)OC(C)(C)C)C(C)(C)C1. The number of β-amino-alcohol motifs (C(OH)–C–C–N with tert-alkyl or cyclic N) is 1. The minimum Gasteiger partial charge on any atom is -0.445 e. The summed E-state index contributed by atoms with van der Waals surface area (Å²) in [6.07, 6.45) is 0.310. The molecule has 230 valence electrons. The third-order valence-corrected chi connectivity index (χ3v) is 8.22. The van der Waals surface area contributed by atoms with E-state index in [1.807, 2.05) is 76.6 Å². The minimum atomic E-state index is -1.43. The van der Waals surface area contributed by atoms with Crippen molar-refractivity contribution < 1.29 is 28.6 Å². The number of amides is 2. The summed E-state index contributed by atoms with van der Waals surface area (Å²) in [7, 11) is 0. The number of hydrogen-bond donors (Lipinski definition) is 1. The highest BCUT2D eigenvalue weighted by atomic mass is 19.1. The van der Waals surface area contributed by atoms with Gasteiger partial charge in [0.2, 0.25) is 0 Å². The van der Waals surface area contributed by atoms with Crippen LogP contribution in [0.3, 0.4) is 0 Å². The van der Waals surface area contributed by atoms with Gasteiger partial charge >= 0.3 is 12.2 Å². The van der Waals surface area contributed by atoms with E-state index in [9.17, 15) is 14.7 Å². The fraction of sp³-hybridized carbons (Fsp3) is 0.485. The summed E-state index contributed by atoms with van der Waals surface area (Å²) in [5.41, 5.74) is 0.123. The number of rotatable bonds is 5. The van der Waals surface area contributed by atoms with Crippen molar-refractivity contribution in [3.05, 3.63) is 77.2 Å². The Bertz CT molecular complexity index is 1490. The average Bonchev–Trinajstić information content (AvgIpc) is 3.26. The van der Waals surface area contributed by atoms with E-state index in [-0.39, 0.29) is 37.4 Å². The highest BCUT2D eigenvalue weighted by Gasteiger charge is 2.50. The van der Waals surface area contributed by atoms with E-state index >= 15 is 4.39 Å². The lowest BCUT2D eigenvalue weighted by Crippen LogP contribution is -2.61. The topological polar surface area (TPSA) is 97.1 Å². The van der Waals surface area contributed by atoms with Crippen LogP contribution in [-0.2, 0) is 21.7 Å². The Morgan fingerprint density at radius 2 is 1.70 bits per heavy atom. The van der Waals surface area contributed by atoms with Crippen molar-refractivity contribution in [3.8, 4) is 11.3 Å². The van der Waals surface area contributed by atoms with Gasteiger partial charge in [0.15, 0.2) is 0 Å². The van der Waals surface area contributed by atoms with Gasteiger partial charge < -0.3 is 24.4 Å². The summed E-state index contributed by atoms with van der Waals surface area (Å²) in [5, 5.41) is 16.7. The fourth-order valence-electron chi connectivity index (χ4n) is 6.19. The first kappa shape index (κ1) is 30.5. The highest BCUT2D eigenvalue weighted by molar-refractivity contribution is 5.72. The number of nitrogens with zero attached hydrogens (tertiary/aromatic N) is 4. The van der Waals surface area contributed by atoms with Gasteiger partial charge in [0.25, 0.3) is 0 Å². The second-order valence-electron chi connectivity index (χ2n) is 13.3. The molecule has 2 saturated heterocycles. The summed E-state index contributed by atoms with van der Waals surface area (Å²) in [4.78, 5) is 28.9. The molecule has 0 bridgehead atoms. The van der Waals surface area contributed by atoms with E-state index < -0.39 is 28.7 Å². The summed E-state index contributed by atoms with van der Waals surface area (Å²) in [6.45, 7) is 12.0. The molecule has 1 unspecified atom stereocenters. The van der Waals surface area contributed by atoms with Gasteiger partial charge in [-0.05, 0) is 72.1 Å². The molecule has 2 aliphatic heterocycles. The predicted octanol–water partition coefficient (Wildman–Crippen LogP) is 6.19. The quantitative estimate of drug-likeness (QED) is 0.380. The van der Waals surface area contributed by atoms with E-state index in [1.165, 1.54) is 11.0 Å². The van der Waals surface area contributed by atoms with Gasteiger partial charge in [-0.3, -0.25) is 4.68 Å². The molecule has 2 amide bonds. The van der Waals surface area contributed by atoms with Gasteiger partial charge in [0.05, 0.1) is 19.1 Å². The summed E-state index contributed by atoms with van der Waals surface area (Å²) >= 11 is 0. The van der Waals surface area contributed by atoms with Crippen LogP contribution in [0.2, 0.25) is 0 Å². The van der Waals surface area contributed by atoms with E-state index in [4.69, 9.17) is 14.6 Å². The zero-order valence-electron chi connectivity index (χ0n) is 25.8. The maximum atomic E-state index is 15.1. The molecule has 3 aromatic rings. The van der Waals surface area contributed by atoms with Gasteiger partial charge in [0.1, 0.15) is 29.3 Å². The Kier molecular flexibility index (Phi) is 8.02. The third kappa shape index (κ3) is 6.25. The van der Waals surface area contributed by atoms with Crippen LogP contribution in [0, 0.1) is 12.7 Å². The van der Waals surface area contributed by atoms with Gasteiger partial charge in [0, 0.05) is 28.9 Å². The number of aromatic nitrogens is 2. The largest absolute Gasteiger partial charge is 0.445 e. The molecule has 1 aromatic heterocycles. The van der Waals surface area contributed by atoms with Crippen LogP contribution in [0.4, 0.5) is 14.0 Å². The molecular formula is C33H41FN4O5. The molecule has 2 fully saturated rings. The Morgan fingerprint density at radius 3 is 2.33 bits per heavy atom. The van der Waals surface area contributed by atoms with Crippen molar-refractivity contribution in [2.75, 3.05) is 19.6 Å². The lowest BCUT2D eigenvalue weighted by Gasteiger charge is -2.46. The number of piperidine rings is 1. The first-order chi connectivity index (χ1) is 20.2. The maximum Gasteiger partial charge on any atom is 0.410 e. The molecule has 1 N–H and O–H groups in total. The Hall–Kier alpha value is -3.92. The predicted molar refractivity (Wildman–Crippen MR) is 160 cm³/mol. The molecule has 9 nitrogen and oxygen atoms in total. The number of hydrogen-bond acceptors (Lipinski definition) is 6. The molecule has 43 heavy (non-hydrogen) atoms. The first-order valence-electron chi connectivity index (χ1n) is 14.7. The Labute approximate surface area is 252 Å². The molecular weight excluding hydrogens is 551 g/mol. The molecule has 0 spiro atoms. The number of benzene rings is 2. The van der Waals surface area contributed by atoms with Crippen molar-refractivity contribution in [1.82, 2.24) is 19.6 Å². The number of halogens is 1. The molecule has 0 radical (unpaired) electrons. The fourth-order valence-corrected chi connectivity index (χ4v) is 6.19. The normalized spacial score (nSPS) is 19.5. The monoisotopic (exact) mass is 592 g/mol. The van der Waals surface area contributed by atoms with E-state index in [0.29, 0.717) is 36.3 Å². The standard InChI is InChI=1S/C33H41FN4O5/c1-22-27(33(41)20-36(21-33)29(39)42-19-23-12-8-7-9-13-23)28(25-14-10-11-15-26(25)34)35-38(22)24-16-17-37(32(5,6)18-24)30(40)43-31(2,3)4/h7-15,24,41H,16-21H2,1-6H3. The summed E-state index contributed by atoms with van der Waals surface area (Å²) < 4.78 is 28.1. The zero-order valence-corrected chi connectivity index (χ0v) is 25.8. The molecule has 10 heteroatoms. The van der Waals surface area contributed by atoms with Gasteiger partial charge in [-0.2, -0.15) is 5.10 Å². The molecule has 0 aliphatic carbocycles. The Morgan fingerprint density at radius 1 is 1.05 bits per heavy atom.